The Balaban J connectivity index is 1.15. The summed E-state index contributed by atoms with van der Waals surface area (Å²) in [7, 11) is 1.56. The average molecular weight is 520 g/mol. The number of rotatable bonds is 4. The van der Waals surface area contributed by atoms with Gasteiger partial charge in [-0.3, -0.25) is 9.59 Å². The molecule has 0 saturated carbocycles. The first-order chi connectivity index (χ1) is 18.9. The lowest BCUT2D eigenvalue weighted by molar-refractivity contribution is -0.120. The molecule has 1 unspecified atom stereocenters. The molecule has 196 valence electrons. The number of amides is 2. The van der Waals surface area contributed by atoms with Gasteiger partial charge in [-0.05, 0) is 80.0 Å². The molecule has 2 aliphatic carbocycles. The molecule has 1 atom stereocenters. The molecule has 4 heterocycles. The summed E-state index contributed by atoms with van der Waals surface area (Å²) in [5.74, 6) is 1.54. The van der Waals surface area contributed by atoms with E-state index < -0.39 is 5.41 Å². The standard InChI is InChI=1S/C31H29N5O3/c1-18-5-8-25-19(12-18)9-11-36(25)29(37)21-14-26(34-27(15-21)39-2)33-23-7-6-20-16-31(17-22(20)13-23)24-4-3-10-32-28(24)35-30(31)38/h3-4,6-7,10,12-15H,5,8-9,11,16-17H2,1-2H3,(H,33,34)(H,32,35,38). The number of ether oxygens (including phenoxy) is 1. The van der Waals surface area contributed by atoms with Crippen molar-refractivity contribution in [3.63, 3.8) is 0 Å². The highest BCUT2D eigenvalue weighted by atomic mass is 16.5. The van der Waals surface area contributed by atoms with Crippen LogP contribution >= 0.6 is 0 Å². The maximum Gasteiger partial charge on any atom is 0.258 e. The number of benzene rings is 1. The molecule has 7 rings (SSSR count). The fourth-order valence-corrected chi connectivity index (χ4v) is 6.49. The Morgan fingerprint density at radius 3 is 2.85 bits per heavy atom. The van der Waals surface area contributed by atoms with Crippen LogP contribution in [0.25, 0.3) is 0 Å². The number of methoxy groups -OCH3 is 1. The summed E-state index contributed by atoms with van der Waals surface area (Å²) in [6.07, 6.45) is 7.96. The lowest BCUT2D eigenvalue weighted by Gasteiger charge is -2.23. The summed E-state index contributed by atoms with van der Waals surface area (Å²) < 4.78 is 5.46. The first-order valence-corrected chi connectivity index (χ1v) is 13.4. The molecule has 4 aliphatic rings. The summed E-state index contributed by atoms with van der Waals surface area (Å²) in [4.78, 5) is 37.5. The SMILES string of the molecule is COc1cc(C(=O)N2CCC3=C2CCC(C)=C3)cc(Nc2ccc3c(c2)CC2(C3)C(=O)Nc3ncccc32)n1. The quantitative estimate of drug-likeness (QED) is 0.500. The molecule has 39 heavy (non-hydrogen) atoms. The van der Waals surface area contributed by atoms with E-state index in [2.05, 4.69) is 45.7 Å². The Morgan fingerprint density at radius 1 is 1.10 bits per heavy atom. The van der Waals surface area contributed by atoms with Gasteiger partial charge in [0.05, 0.1) is 12.5 Å². The number of allylic oxidation sites excluding steroid dienone is 3. The van der Waals surface area contributed by atoms with Crippen molar-refractivity contribution in [3.8, 4) is 5.88 Å². The van der Waals surface area contributed by atoms with E-state index in [1.165, 1.54) is 11.1 Å². The van der Waals surface area contributed by atoms with Crippen LogP contribution in [-0.2, 0) is 23.1 Å². The van der Waals surface area contributed by atoms with Crippen molar-refractivity contribution in [2.24, 2.45) is 0 Å². The van der Waals surface area contributed by atoms with E-state index in [1.54, 1.807) is 25.4 Å². The van der Waals surface area contributed by atoms with Crippen LogP contribution in [-0.4, -0.2) is 40.3 Å². The Kier molecular flexibility index (Phi) is 5.33. The number of hydrogen-bond acceptors (Lipinski definition) is 6. The van der Waals surface area contributed by atoms with Crippen LogP contribution in [0.1, 0.15) is 53.2 Å². The van der Waals surface area contributed by atoms with Gasteiger partial charge >= 0.3 is 0 Å². The number of nitrogens with zero attached hydrogens (tertiary/aromatic N) is 3. The molecule has 0 bridgehead atoms. The van der Waals surface area contributed by atoms with Crippen molar-refractivity contribution in [1.29, 1.82) is 0 Å². The second kappa shape index (κ2) is 8.80. The minimum Gasteiger partial charge on any atom is -0.481 e. The van der Waals surface area contributed by atoms with Gasteiger partial charge in [0, 0.05) is 41.3 Å². The van der Waals surface area contributed by atoms with Gasteiger partial charge in [-0.25, -0.2) is 4.98 Å². The van der Waals surface area contributed by atoms with E-state index in [0.29, 0.717) is 42.5 Å². The molecule has 8 heteroatoms. The van der Waals surface area contributed by atoms with Crippen molar-refractivity contribution in [2.45, 2.75) is 44.4 Å². The van der Waals surface area contributed by atoms with Gasteiger partial charge in [0.15, 0.2) is 0 Å². The van der Waals surface area contributed by atoms with Gasteiger partial charge in [-0.2, -0.15) is 4.98 Å². The zero-order valence-corrected chi connectivity index (χ0v) is 22.0. The van der Waals surface area contributed by atoms with Crippen LogP contribution in [0, 0.1) is 0 Å². The maximum atomic E-state index is 13.6. The second-order valence-corrected chi connectivity index (χ2v) is 10.9. The average Bonchev–Trinajstić information content (AvgIpc) is 3.61. The predicted octanol–water partition coefficient (Wildman–Crippen LogP) is 5.06. The minimum absolute atomic E-state index is 0.00308. The first kappa shape index (κ1) is 23.6. The number of fused-ring (bicyclic) bond motifs is 3. The van der Waals surface area contributed by atoms with Gasteiger partial charge < -0.3 is 20.3 Å². The Labute approximate surface area is 226 Å². The highest BCUT2D eigenvalue weighted by Gasteiger charge is 2.51. The highest BCUT2D eigenvalue weighted by Crippen LogP contribution is 2.47. The zero-order valence-electron chi connectivity index (χ0n) is 22.0. The number of aromatic nitrogens is 2. The van der Waals surface area contributed by atoms with E-state index in [-0.39, 0.29) is 11.8 Å². The van der Waals surface area contributed by atoms with Crippen molar-refractivity contribution < 1.29 is 14.3 Å². The highest BCUT2D eigenvalue weighted by molar-refractivity contribution is 6.06. The van der Waals surface area contributed by atoms with Crippen molar-refractivity contribution in [1.82, 2.24) is 14.9 Å². The third-order valence-electron chi connectivity index (χ3n) is 8.43. The molecule has 2 amide bonds. The van der Waals surface area contributed by atoms with Crippen LogP contribution in [0.4, 0.5) is 17.3 Å². The number of pyridine rings is 2. The molecule has 8 nitrogen and oxygen atoms in total. The fraction of sp³-hybridized carbons (Fsp3) is 0.290. The van der Waals surface area contributed by atoms with Gasteiger partial charge in [-0.15, -0.1) is 0 Å². The molecule has 2 aromatic heterocycles. The van der Waals surface area contributed by atoms with Crippen molar-refractivity contribution in [3.05, 3.63) is 93.8 Å². The third-order valence-corrected chi connectivity index (χ3v) is 8.43. The Bertz CT molecular complexity index is 1620. The van der Waals surface area contributed by atoms with Crippen LogP contribution in [0.3, 0.4) is 0 Å². The third kappa shape index (κ3) is 3.81. The topological polar surface area (TPSA) is 96.5 Å². The maximum absolute atomic E-state index is 13.6. The Hall–Kier alpha value is -4.46. The molecular formula is C31H29N5O3. The van der Waals surface area contributed by atoms with E-state index in [4.69, 9.17) is 4.74 Å². The van der Waals surface area contributed by atoms with Gasteiger partial charge in [0.1, 0.15) is 11.6 Å². The normalized spacial score (nSPS) is 20.9. The van der Waals surface area contributed by atoms with Crippen molar-refractivity contribution in [2.75, 3.05) is 24.3 Å². The van der Waals surface area contributed by atoms with Gasteiger partial charge in [-0.1, -0.05) is 23.8 Å². The lowest BCUT2D eigenvalue weighted by atomic mass is 9.79. The number of carbonyl (C=O) groups excluding carboxylic acids is 2. The molecule has 0 fully saturated rings. The van der Waals surface area contributed by atoms with E-state index in [9.17, 15) is 9.59 Å². The summed E-state index contributed by atoms with van der Waals surface area (Å²) >= 11 is 0. The van der Waals surface area contributed by atoms with Gasteiger partial charge in [0.2, 0.25) is 11.8 Å². The molecular weight excluding hydrogens is 490 g/mol. The molecule has 1 spiro atoms. The first-order valence-electron chi connectivity index (χ1n) is 13.4. The van der Waals surface area contributed by atoms with Crippen LogP contribution < -0.4 is 15.4 Å². The van der Waals surface area contributed by atoms with E-state index in [0.717, 1.165) is 47.3 Å². The Morgan fingerprint density at radius 2 is 1.97 bits per heavy atom. The molecule has 3 aromatic rings. The summed E-state index contributed by atoms with van der Waals surface area (Å²) in [5.41, 5.74) is 7.77. The van der Waals surface area contributed by atoms with E-state index in [1.807, 2.05) is 23.1 Å². The number of nitrogens with one attached hydrogen (secondary N) is 2. The molecule has 1 aromatic carbocycles. The smallest absolute Gasteiger partial charge is 0.258 e. The molecule has 0 radical (unpaired) electrons. The zero-order chi connectivity index (χ0) is 26.7. The number of hydrogen-bond donors (Lipinski definition) is 2. The largest absolute Gasteiger partial charge is 0.481 e. The minimum atomic E-state index is -0.617. The molecule has 2 aliphatic heterocycles. The van der Waals surface area contributed by atoms with E-state index >= 15 is 0 Å². The predicted molar refractivity (Wildman–Crippen MR) is 148 cm³/mol. The number of carbonyl (C=O) groups is 2. The lowest BCUT2D eigenvalue weighted by Crippen LogP contribution is -2.35. The van der Waals surface area contributed by atoms with Crippen LogP contribution in [0.15, 0.2) is 71.6 Å². The summed E-state index contributed by atoms with van der Waals surface area (Å²) in [6.45, 7) is 2.84. The number of anilines is 3. The monoisotopic (exact) mass is 519 g/mol. The van der Waals surface area contributed by atoms with Crippen molar-refractivity contribution >= 4 is 29.1 Å². The van der Waals surface area contributed by atoms with Crippen LogP contribution in [0.5, 0.6) is 5.88 Å². The van der Waals surface area contributed by atoms with Crippen LogP contribution in [0.2, 0.25) is 0 Å². The fourth-order valence-electron chi connectivity index (χ4n) is 6.49. The molecule has 0 saturated heterocycles. The summed E-state index contributed by atoms with van der Waals surface area (Å²) in [6, 6.07) is 13.5. The molecule has 2 N–H and O–H groups in total. The summed E-state index contributed by atoms with van der Waals surface area (Å²) in [5, 5.41) is 6.33. The second-order valence-electron chi connectivity index (χ2n) is 10.9. The van der Waals surface area contributed by atoms with Gasteiger partial charge in [0.25, 0.3) is 5.91 Å².